The second kappa shape index (κ2) is 5.20. The lowest BCUT2D eigenvalue weighted by Gasteiger charge is -2.35. The van der Waals surface area contributed by atoms with Crippen molar-refractivity contribution in [3.05, 3.63) is 50.3 Å². The third kappa shape index (κ3) is 2.06. The van der Waals surface area contributed by atoms with E-state index in [1.54, 1.807) is 23.6 Å². The monoisotopic (exact) mass is 289 g/mol. The fraction of sp³-hybridized carbons (Fsp3) is 0.357. The number of nitro groups is 1. The van der Waals surface area contributed by atoms with E-state index in [9.17, 15) is 10.1 Å². The summed E-state index contributed by atoms with van der Waals surface area (Å²) in [6, 6.07) is 5.45. The Labute approximate surface area is 121 Å². The predicted octanol–water partition coefficient (Wildman–Crippen LogP) is 3.57. The molecule has 2 aromatic rings. The van der Waals surface area contributed by atoms with Gasteiger partial charge in [-0.25, -0.2) is 4.98 Å². The van der Waals surface area contributed by atoms with Crippen LogP contribution in [0.1, 0.15) is 29.8 Å². The molecule has 3 rings (SSSR count). The van der Waals surface area contributed by atoms with Crippen molar-refractivity contribution in [1.29, 1.82) is 0 Å². The molecule has 0 saturated carbocycles. The van der Waals surface area contributed by atoms with Gasteiger partial charge in [-0.15, -0.1) is 11.3 Å². The van der Waals surface area contributed by atoms with Gasteiger partial charge in [0.2, 0.25) is 5.82 Å². The van der Waals surface area contributed by atoms with Crippen LogP contribution in [0.25, 0.3) is 0 Å². The molecule has 1 unspecified atom stereocenters. The standard InChI is InChI=1S/C14H15N3O2S/c1-2-11-10-6-9-20-13(10)5-8-16(11)14-12(17(18)19)4-3-7-15-14/h3-4,6-7,9,11H,2,5,8H2,1H3. The van der Waals surface area contributed by atoms with E-state index in [1.807, 2.05) is 0 Å². The Morgan fingerprint density at radius 1 is 1.55 bits per heavy atom. The number of pyridine rings is 1. The lowest BCUT2D eigenvalue weighted by Crippen LogP contribution is -2.35. The van der Waals surface area contributed by atoms with E-state index in [0.717, 1.165) is 19.4 Å². The van der Waals surface area contributed by atoms with Gasteiger partial charge in [0, 0.05) is 23.7 Å². The summed E-state index contributed by atoms with van der Waals surface area (Å²) in [5, 5.41) is 13.3. The zero-order chi connectivity index (χ0) is 14.1. The third-order valence-corrected chi connectivity index (χ3v) is 4.71. The summed E-state index contributed by atoms with van der Waals surface area (Å²) >= 11 is 1.77. The minimum atomic E-state index is -0.349. The lowest BCUT2D eigenvalue weighted by atomic mass is 9.97. The van der Waals surface area contributed by atoms with Gasteiger partial charge in [0.25, 0.3) is 0 Å². The summed E-state index contributed by atoms with van der Waals surface area (Å²) < 4.78 is 0. The number of fused-ring (bicyclic) bond motifs is 1. The van der Waals surface area contributed by atoms with Crippen molar-refractivity contribution in [2.45, 2.75) is 25.8 Å². The average molecular weight is 289 g/mol. The van der Waals surface area contributed by atoms with Crippen LogP contribution in [0.4, 0.5) is 11.5 Å². The summed E-state index contributed by atoms with van der Waals surface area (Å²) in [4.78, 5) is 18.6. The van der Waals surface area contributed by atoms with Gasteiger partial charge in [-0.1, -0.05) is 6.92 Å². The Kier molecular flexibility index (Phi) is 3.40. The first-order chi connectivity index (χ1) is 9.72. The highest BCUT2D eigenvalue weighted by Gasteiger charge is 2.31. The maximum Gasteiger partial charge on any atom is 0.311 e. The van der Waals surface area contributed by atoms with Crippen molar-refractivity contribution in [2.24, 2.45) is 0 Å². The number of anilines is 1. The van der Waals surface area contributed by atoms with Crippen LogP contribution in [0.5, 0.6) is 0 Å². The molecule has 3 heterocycles. The third-order valence-electron chi connectivity index (χ3n) is 3.72. The second-order valence-electron chi connectivity index (χ2n) is 4.77. The lowest BCUT2D eigenvalue weighted by molar-refractivity contribution is -0.384. The fourth-order valence-corrected chi connectivity index (χ4v) is 3.77. The Balaban J connectivity index is 2.05. The molecular weight excluding hydrogens is 274 g/mol. The van der Waals surface area contributed by atoms with E-state index < -0.39 is 0 Å². The zero-order valence-corrected chi connectivity index (χ0v) is 12.0. The number of rotatable bonds is 3. The van der Waals surface area contributed by atoms with Crippen LogP contribution in [0, 0.1) is 10.1 Å². The van der Waals surface area contributed by atoms with Gasteiger partial charge in [-0.3, -0.25) is 10.1 Å². The van der Waals surface area contributed by atoms with Crippen LogP contribution in [-0.2, 0) is 6.42 Å². The number of hydrogen-bond acceptors (Lipinski definition) is 5. The molecule has 1 atom stereocenters. The molecule has 1 aliphatic heterocycles. The van der Waals surface area contributed by atoms with E-state index in [4.69, 9.17) is 0 Å². The average Bonchev–Trinajstić information content (AvgIpc) is 2.94. The summed E-state index contributed by atoms with van der Waals surface area (Å²) in [5.41, 5.74) is 1.38. The van der Waals surface area contributed by atoms with Gasteiger partial charge < -0.3 is 4.90 Å². The van der Waals surface area contributed by atoms with Gasteiger partial charge in [0.15, 0.2) is 0 Å². The van der Waals surface area contributed by atoms with Crippen molar-refractivity contribution in [3.63, 3.8) is 0 Å². The van der Waals surface area contributed by atoms with E-state index in [0.29, 0.717) is 5.82 Å². The molecule has 2 aromatic heterocycles. The first-order valence-electron chi connectivity index (χ1n) is 6.64. The Hall–Kier alpha value is -1.95. The van der Waals surface area contributed by atoms with Crippen molar-refractivity contribution in [1.82, 2.24) is 4.98 Å². The van der Waals surface area contributed by atoms with Crippen molar-refractivity contribution >= 4 is 22.8 Å². The van der Waals surface area contributed by atoms with Gasteiger partial charge in [0.05, 0.1) is 11.0 Å². The fourth-order valence-electron chi connectivity index (χ4n) is 2.84. The summed E-state index contributed by atoms with van der Waals surface area (Å²) in [6.07, 6.45) is 3.47. The summed E-state index contributed by atoms with van der Waals surface area (Å²) in [7, 11) is 0. The number of thiophene rings is 1. The number of hydrogen-bond donors (Lipinski definition) is 0. The van der Waals surface area contributed by atoms with Gasteiger partial charge >= 0.3 is 5.69 Å². The highest BCUT2D eigenvalue weighted by atomic mass is 32.1. The second-order valence-corrected chi connectivity index (χ2v) is 5.77. The predicted molar refractivity (Wildman–Crippen MR) is 79.3 cm³/mol. The highest BCUT2D eigenvalue weighted by Crippen LogP contribution is 2.39. The van der Waals surface area contributed by atoms with Gasteiger partial charge in [0.1, 0.15) is 0 Å². The molecule has 0 aliphatic carbocycles. The van der Waals surface area contributed by atoms with Gasteiger partial charge in [-0.05, 0) is 35.9 Å². The molecule has 0 N–H and O–H groups in total. The molecule has 6 heteroatoms. The summed E-state index contributed by atoms with van der Waals surface area (Å²) in [5.74, 6) is 0.487. The van der Waals surface area contributed by atoms with Crippen molar-refractivity contribution in [3.8, 4) is 0 Å². The van der Waals surface area contributed by atoms with Crippen LogP contribution in [0.15, 0.2) is 29.8 Å². The van der Waals surface area contributed by atoms with Crippen LogP contribution < -0.4 is 4.90 Å². The van der Waals surface area contributed by atoms with Crippen molar-refractivity contribution < 1.29 is 4.92 Å². The molecule has 0 spiro atoms. The molecule has 104 valence electrons. The molecule has 0 amide bonds. The Bertz CT molecular complexity index is 641. The Morgan fingerprint density at radius 2 is 2.40 bits per heavy atom. The topological polar surface area (TPSA) is 59.3 Å². The van der Waals surface area contributed by atoms with E-state index in [2.05, 4.69) is 28.3 Å². The maximum absolute atomic E-state index is 11.2. The SMILES string of the molecule is CCC1c2ccsc2CCN1c1ncccc1[N+](=O)[O-]. The highest BCUT2D eigenvalue weighted by molar-refractivity contribution is 7.10. The van der Waals surface area contributed by atoms with E-state index in [-0.39, 0.29) is 16.7 Å². The quantitative estimate of drug-likeness (QED) is 0.640. The number of aromatic nitrogens is 1. The molecule has 0 radical (unpaired) electrons. The Morgan fingerprint density at radius 3 is 3.15 bits per heavy atom. The molecule has 5 nitrogen and oxygen atoms in total. The van der Waals surface area contributed by atoms with Crippen LogP contribution in [-0.4, -0.2) is 16.5 Å². The normalized spacial score (nSPS) is 17.9. The van der Waals surface area contributed by atoms with Crippen molar-refractivity contribution in [2.75, 3.05) is 11.4 Å². The van der Waals surface area contributed by atoms with E-state index >= 15 is 0 Å². The first-order valence-corrected chi connectivity index (χ1v) is 7.52. The number of nitrogens with zero attached hydrogens (tertiary/aromatic N) is 3. The van der Waals surface area contributed by atoms with Crippen LogP contribution in [0.2, 0.25) is 0 Å². The van der Waals surface area contributed by atoms with Crippen LogP contribution >= 0.6 is 11.3 Å². The first kappa shape index (κ1) is 13.1. The molecule has 0 bridgehead atoms. The zero-order valence-electron chi connectivity index (χ0n) is 11.2. The largest absolute Gasteiger partial charge is 0.343 e. The molecule has 0 saturated heterocycles. The van der Waals surface area contributed by atoms with Crippen LogP contribution in [0.3, 0.4) is 0 Å². The molecule has 0 aromatic carbocycles. The minimum Gasteiger partial charge on any atom is -0.343 e. The molecular formula is C14H15N3O2S. The molecule has 20 heavy (non-hydrogen) atoms. The smallest absolute Gasteiger partial charge is 0.311 e. The molecule has 1 aliphatic rings. The minimum absolute atomic E-state index is 0.0876. The van der Waals surface area contributed by atoms with E-state index in [1.165, 1.54) is 16.5 Å². The van der Waals surface area contributed by atoms with Gasteiger partial charge in [-0.2, -0.15) is 0 Å². The molecule has 0 fully saturated rings. The maximum atomic E-state index is 11.2. The summed E-state index contributed by atoms with van der Waals surface area (Å²) in [6.45, 7) is 2.89.